The van der Waals surface area contributed by atoms with Crippen LogP contribution in [0.3, 0.4) is 0 Å². The van der Waals surface area contributed by atoms with E-state index in [1.54, 1.807) is 12.1 Å². The van der Waals surface area contributed by atoms with Crippen LogP contribution in [0.1, 0.15) is 0 Å². The van der Waals surface area contributed by atoms with E-state index >= 15 is 0 Å². The number of benzene rings is 2. The molecule has 0 spiro atoms. The molecule has 0 unspecified atom stereocenters. The largest absolute Gasteiger partial charge is 0.398 e. The van der Waals surface area contributed by atoms with Gasteiger partial charge in [-0.15, -0.1) is 0 Å². The molecule has 1 heterocycles. The summed E-state index contributed by atoms with van der Waals surface area (Å²) in [6, 6.07) is 10.5. The van der Waals surface area contributed by atoms with E-state index in [0.29, 0.717) is 22.5 Å². The van der Waals surface area contributed by atoms with Crippen LogP contribution >= 0.6 is 22.6 Å². The third-order valence-electron chi connectivity index (χ3n) is 2.73. The number of aromatic amines is 1. The fourth-order valence-electron chi connectivity index (χ4n) is 1.86. The van der Waals surface area contributed by atoms with Gasteiger partial charge in [-0.3, -0.25) is 0 Å². The zero-order valence-electron chi connectivity index (χ0n) is 9.24. The van der Waals surface area contributed by atoms with Crippen LogP contribution in [0.5, 0.6) is 0 Å². The molecule has 5 heteroatoms. The summed E-state index contributed by atoms with van der Waals surface area (Å²) in [6.07, 6.45) is 0. The van der Waals surface area contributed by atoms with Crippen molar-refractivity contribution in [3.63, 3.8) is 0 Å². The van der Waals surface area contributed by atoms with Gasteiger partial charge in [0.2, 0.25) is 0 Å². The normalized spacial score (nSPS) is 11.0. The molecule has 1 aromatic heterocycles. The van der Waals surface area contributed by atoms with Crippen LogP contribution in [0.25, 0.3) is 22.4 Å². The minimum absolute atomic E-state index is 0.334. The molecule has 0 aliphatic rings. The standard InChI is InChI=1S/C13H9FIN3/c14-9-2-1-3-11-12(9)18-13(17-11)8-6-7(15)4-5-10(8)16/h1-6H,16H2,(H,17,18). The number of anilines is 1. The van der Waals surface area contributed by atoms with E-state index in [1.165, 1.54) is 6.07 Å². The van der Waals surface area contributed by atoms with Gasteiger partial charge in [0.15, 0.2) is 5.82 Å². The number of imidazole rings is 1. The highest BCUT2D eigenvalue weighted by Crippen LogP contribution is 2.27. The number of para-hydroxylation sites is 1. The summed E-state index contributed by atoms with van der Waals surface area (Å²) in [5.41, 5.74) is 8.34. The fourth-order valence-corrected chi connectivity index (χ4v) is 2.35. The van der Waals surface area contributed by atoms with Gasteiger partial charge < -0.3 is 10.7 Å². The summed E-state index contributed by atoms with van der Waals surface area (Å²) >= 11 is 2.20. The lowest BCUT2D eigenvalue weighted by molar-refractivity contribution is 0.637. The van der Waals surface area contributed by atoms with Crippen molar-refractivity contribution in [3.8, 4) is 11.4 Å². The first-order valence-corrected chi connectivity index (χ1v) is 6.42. The lowest BCUT2D eigenvalue weighted by Gasteiger charge is -2.02. The molecule has 0 aliphatic carbocycles. The topological polar surface area (TPSA) is 54.7 Å². The second-order valence-electron chi connectivity index (χ2n) is 3.95. The maximum absolute atomic E-state index is 13.6. The molecule has 3 aromatic rings. The van der Waals surface area contributed by atoms with Gasteiger partial charge in [-0.05, 0) is 52.9 Å². The Kier molecular flexibility index (Phi) is 2.70. The van der Waals surface area contributed by atoms with Crippen LogP contribution in [0.4, 0.5) is 10.1 Å². The Morgan fingerprint density at radius 1 is 1.22 bits per heavy atom. The average molecular weight is 353 g/mol. The number of halogens is 2. The Morgan fingerprint density at radius 2 is 2.06 bits per heavy atom. The summed E-state index contributed by atoms with van der Waals surface area (Å²) in [4.78, 5) is 7.36. The van der Waals surface area contributed by atoms with Crippen LogP contribution < -0.4 is 5.73 Å². The van der Waals surface area contributed by atoms with Crippen molar-refractivity contribution in [3.05, 3.63) is 45.8 Å². The highest BCUT2D eigenvalue weighted by Gasteiger charge is 2.11. The molecule has 2 aromatic carbocycles. The quantitative estimate of drug-likeness (QED) is 0.519. The number of hydrogen-bond acceptors (Lipinski definition) is 2. The molecule has 18 heavy (non-hydrogen) atoms. The fraction of sp³-hybridized carbons (Fsp3) is 0. The summed E-state index contributed by atoms with van der Waals surface area (Å²) in [6.45, 7) is 0. The summed E-state index contributed by atoms with van der Waals surface area (Å²) in [5.74, 6) is 0.255. The molecule has 0 amide bonds. The van der Waals surface area contributed by atoms with Gasteiger partial charge in [0.1, 0.15) is 11.3 Å². The Balaban J connectivity index is 2.26. The van der Waals surface area contributed by atoms with Gasteiger partial charge in [-0.25, -0.2) is 9.37 Å². The SMILES string of the molecule is Nc1ccc(I)cc1-c1nc2c(F)cccc2[nH]1. The number of rotatable bonds is 1. The van der Waals surface area contributed by atoms with Crippen molar-refractivity contribution in [1.82, 2.24) is 9.97 Å². The summed E-state index contributed by atoms with van der Waals surface area (Å²) in [7, 11) is 0. The molecule has 0 bridgehead atoms. The second-order valence-corrected chi connectivity index (χ2v) is 5.20. The predicted molar refractivity (Wildman–Crippen MR) is 78.6 cm³/mol. The number of hydrogen-bond donors (Lipinski definition) is 2. The number of nitrogen functional groups attached to an aromatic ring is 1. The van der Waals surface area contributed by atoms with Crippen molar-refractivity contribution in [2.75, 3.05) is 5.73 Å². The third kappa shape index (κ3) is 1.84. The van der Waals surface area contributed by atoms with Crippen LogP contribution in [-0.2, 0) is 0 Å². The van der Waals surface area contributed by atoms with Gasteiger partial charge in [0.05, 0.1) is 5.52 Å². The minimum atomic E-state index is -0.334. The van der Waals surface area contributed by atoms with Crippen molar-refractivity contribution < 1.29 is 4.39 Å². The van der Waals surface area contributed by atoms with E-state index in [4.69, 9.17) is 5.73 Å². The number of fused-ring (bicyclic) bond motifs is 1. The number of H-pyrrole nitrogens is 1. The molecular weight excluding hydrogens is 344 g/mol. The Hall–Kier alpha value is -1.63. The van der Waals surface area contributed by atoms with Gasteiger partial charge >= 0.3 is 0 Å². The van der Waals surface area contributed by atoms with E-state index in [0.717, 1.165) is 9.13 Å². The van der Waals surface area contributed by atoms with E-state index in [2.05, 4.69) is 32.6 Å². The van der Waals surface area contributed by atoms with Gasteiger partial charge in [0, 0.05) is 14.8 Å². The number of nitrogens with two attached hydrogens (primary N) is 1. The van der Waals surface area contributed by atoms with Crippen molar-refractivity contribution in [1.29, 1.82) is 0 Å². The highest BCUT2D eigenvalue weighted by atomic mass is 127. The molecule has 3 nitrogen and oxygen atoms in total. The Bertz CT molecular complexity index is 736. The monoisotopic (exact) mass is 353 g/mol. The smallest absolute Gasteiger partial charge is 0.151 e. The molecule has 0 saturated heterocycles. The minimum Gasteiger partial charge on any atom is -0.398 e. The first-order valence-electron chi connectivity index (χ1n) is 5.35. The van der Waals surface area contributed by atoms with Gasteiger partial charge in [0.25, 0.3) is 0 Å². The van der Waals surface area contributed by atoms with Gasteiger partial charge in [-0.2, -0.15) is 0 Å². The maximum Gasteiger partial charge on any atom is 0.151 e. The zero-order valence-corrected chi connectivity index (χ0v) is 11.4. The Labute approximate surface area is 116 Å². The molecule has 0 aliphatic heterocycles. The van der Waals surface area contributed by atoms with E-state index in [9.17, 15) is 4.39 Å². The number of nitrogens with one attached hydrogen (secondary N) is 1. The molecule has 0 radical (unpaired) electrons. The first-order chi connectivity index (χ1) is 8.65. The van der Waals surface area contributed by atoms with Crippen molar-refractivity contribution >= 4 is 39.3 Å². The maximum atomic E-state index is 13.6. The number of nitrogens with zero attached hydrogens (tertiary/aromatic N) is 1. The lowest BCUT2D eigenvalue weighted by atomic mass is 10.2. The summed E-state index contributed by atoms with van der Waals surface area (Å²) in [5, 5.41) is 0. The lowest BCUT2D eigenvalue weighted by Crippen LogP contribution is -1.91. The van der Waals surface area contributed by atoms with E-state index in [1.807, 2.05) is 18.2 Å². The molecule has 3 N–H and O–H groups in total. The molecule has 0 atom stereocenters. The Morgan fingerprint density at radius 3 is 2.83 bits per heavy atom. The zero-order chi connectivity index (χ0) is 12.7. The van der Waals surface area contributed by atoms with Crippen LogP contribution in [0.15, 0.2) is 36.4 Å². The molecular formula is C13H9FIN3. The van der Waals surface area contributed by atoms with E-state index < -0.39 is 0 Å². The number of aromatic nitrogens is 2. The predicted octanol–water partition coefficient (Wildman–Crippen LogP) is 3.56. The van der Waals surface area contributed by atoms with Crippen molar-refractivity contribution in [2.24, 2.45) is 0 Å². The molecule has 90 valence electrons. The van der Waals surface area contributed by atoms with Crippen LogP contribution in [-0.4, -0.2) is 9.97 Å². The van der Waals surface area contributed by atoms with Crippen LogP contribution in [0, 0.1) is 9.39 Å². The third-order valence-corrected chi connectivity index (χ3v) is 3.40. The first kappa shape index (κ1) is 11.5. The van der Waals surface area contributed by atoms with E-state index in [-0.39, 0.29) is 5.82 Å². The molecule has 0 saturated carbocycles. The van der Waals surface area contributed by atoms with Gasteiger partial charge in [-0.1, -0.05) is 6.07 Å². The van der Waals surface area contributed by atoms with Crippen LogP contribution in [0.2, 0.25) is 0 Å². The second kappa shape index (κ2) is 4.24. The van der Waals surface area contributed by atoms with Crippen molar-refractivity contribution in [2.45, 2.75) is 0 Å². The molecule has 3 rings (SSSR count). The highest BCUT2D eigenvalue weighted by molar-refractivity contribution is 14.1. The molecule has 0 fully saturated rings. The summed E-state index contributed by atoms with van der Waals surface area (Å²) < 4.78 is 14.6. The average Bonchev–Trinajstić information content (AvgIpc) is 2.77.